The molecular weight excluding hydrogens is 334 g/mol. The van der Waals surface area contributed by atoms with Crippen molar-refractivity contribution in [3.63, 3.8) is 0 Å². The maximum Gasteiger partial charge on any atom is 0.234 e. The highest BCUT2D eigenvalue weighted by Gasteiger charge is 2.12. The lowest BCUT2D eigenvalue weighted by Crippen LogP contribution is -2.14. The van der Waals surface area contributed by atoms with Crippen LogP contribution in [0.4, 0.5) is 5.69 Å². The number of benzene rings is 2. The van der Waals surface area contributed by atoms with Gasteiger partial charge in [-0.3, -0.25) is 9.36 Å². The summed E-state index contributed by atoms with van der Waals surface area (Å²) in [6.07, 6.45) is 3.58. The third kappa shape index (κ3) is 4.22. The van der Waals surface area contributed by atoms with E-state index in [1.54, 1.807) is 13.3 Å². The quantitative estimate of drug-likeness (QED) is 0.683. The second kappa shape index (κ2) is 7.90. The summed E-state index contributed by atoms with van der Waals surface area (Å²) < 4.78 is 7.32. The van der Waals surface area contributed by atoms with Gasteiger partial charge in [0.2, 0.25) is 5.91 Å². The predicted octanol–water partition coefficient (Wildman–Crippen LogP) is 3.92. The SMILES string of the molecule is COc1ccccc1-n1ccnc1SCC(=O)Nc1cccc(C)c1. The van der Waals surface area contributed by atoms with E-state index in [0.29, 0.717) is 0 Å². The fraction of sp³-hybridized carbons (Fsp3) is 0.158. The topological polar surface area (TPSA) is 56.2 Å². The van der Waals surface area contributed by atoms with E-state index >= 15 is 0 Å². The Morgan fingerprint density at radius 3 is 2.88 bits per heavy atom. The lowest BCUT2D eigenvalue weighted by Gasteiger charge is -2.11. The number of imidazole rings is 1. The average molecular weight is 353 g/mol. The molecule has 0 aliphatic rings. The molecule has 0 saturated heterocycles. The van der Waals surface area contributed by atoms with Gasteiger partial charge in [0, 0.05) is 18.1 Å². The number of thioether (sulfide) groups is 1. The summed E-state index contributed by atoms with van der Waals surface area (Å²) in [6.45, 7) is 1.99. The minimum Gasteiger partial charge on any atom is -0.495 e. The molecule has 1 heterocycles. The zero-order chi connectivity index (χ0) is 17.6. The van der Waals surface area contributed by atoms with Gasteiger partial charge in [0.05, 0.1) is 18.6 Å². The molecule has 0 radical (unpaired) electrons. The van der Waals surface area contributed by atoms with E-state index < -0.39 is 0 Å². The van der Waals surface area contributed by atoms with Crippen molar-refractivity contribution >= 4 is 23.4 Å². The molecule has 128 valence electrons. The lowest BCUT2D eigenvalue weighted by atomic mass is 10.2. The van der Waals surface area contributed by atoms with Crippen molar-refractivity contribution in [2.45, 2.75) is 12.1 Å². The first-order chi connectivity index (χ1) is 12.2. The van der Waals surface area contributed by atoms with Crippen molar-refractivity contribution in [2.24, 2.45) is 0 Å². The fourth-order valence-electron chi connectivity index (χ4n) is 2.46. The highest BCUT2D eigenvalue weighted by molar-refractivity contribution is 7.99. The Bertz CT molecular complexity index is 876. The van der Waals surface area contributed by atoms with Crippen LogP contribution in [-0.2, 0) is 4.79 Å². The molecule has 1 aromatic heterocycles. The molecule has 2 aromatic carbocycles. The molecule has 0 fully saturated rings. The van der Waals surface area contributed by atoms with Gasteiger partial charge in [0.1, 0.15) is 5.75 Å². The van der Waals surface area contributed by atoms with Crippen molar-refractivity contribution in [2.75, 3.05) is 18.2 Å². The second-order valence-corrected chi connectivity index (χ2v) is 6.40. The molecule has 0 aliphatic carbocycles. The van der Waals surface area contributed by atoms with Crippen LogP contribution < -0.4 is 10.1 Å². The van der Waals surface area contributed by atoms with Gasteiger partial charge < -0.3 is 10.1 Å². The summed E-state index contributed by atoms with van der Waals surface area (Å²) in [5, 5.41) is 3.65. The summed E-state index contributed by atoms with van der Waals surface area (Å²) in [5.74, 6) is 0.969. The molecule has 0 unspecified atom stereocenters. The molecule has 3 rings (SSSR count). The minimum absolute atomic E-state index is 0.0647. The van der Waals surface area contributed by atoms with E-state index in [9.17, 15) is 4.79 Å². The maximum absolute atomic E-state index is 12.2. The van der Waals surface area contributed by atoms with Crippen LogP contribution in [0.15, 0.2) is 66.1 Å². The van der Waals surface area contributed by atoms with E-state index in [1.165, 1.54) is 11.8 Å². The lowest BCUT2D eigenvalue weighted by molar-refractivity contribution is -0.113. The number of ether oxygens (including phenoxy) is 1. The van der Waals surface area contributed by atoms with Crippen LogP contribution in [0.5, 0.6) is 5.75 Å². The Morgan fingerprint density at radius 2 is 2.08 bits per heavy atom. The number of aromatic nitrogens is 2. The number of anilines is 1. The van der Waals surface area contributed by atoms with Crippen molar-refractivity contribution in [1.82, 2.24) is 9.55 Å². The molecule has 0 bridgehead atoms. The van der Waals surface area contributed by atoms with Crippen molar-refractivity contribution in [1.29, 1.82) is 0 Å². The van der Waals surface area contributed by atoms with Gasteiger partial charge in [-0.15, -0.1) is 0 Å². The van der Waals surface area contributed by atoms with E-state index in [2.05, 4.69) is 10.3 Å². The van der Waals surface area contributed by atoms with Gasteiger partial charge in [0.25, 0.3) is 0 Å². The number of carbonyl (C=O) groups excluding carboxylic acids is 1. The first kappa shape index (κ1) is 17.1. The summed E-state index contributed by atoms with van der Waals surface area (Å²) >= 11 is 1.38. The Balaban J connectivity index is 1.68. The zero-order valence-corrected chi connectivity index (χ0v) is 14.9. The number of nitrogens with zero attached hydrogens (tertiary/aromatic N) is 2. The number of rotatable bonds is 6. The van der Waals surface area contributed by atoms with Crippen LogP contribution in [-0.4, -0.2) is 28.3 Å². The standard InChI is InChI=1S/C19H19N3O2S/c1-14-6-5-7-15(12-14)21-18(23)13-25-19-20-10-11-22(19)16-8-3-4-9-17(16)24-2/h3-12H,13H2,1-2H3,(H,21,23). The molecule has 0 saturated carbocycles. The number of hydrogen-bond acceptors (Lipinski definition) is 4. The minimum atomic E-state index is -0.0647. The van der Waals surface area contributed by atoms with Gasteiger partial charge in [-0.25, -0.2) is 4.98 Å². The summed E-state index contributed by atoms with van der Waals surface area (Å²) in [7, 11) is 1.64. The summed E-state index contributed by atoms with van der Waals surface area (Å²) in [6, 6.07) is 15.5. The van der Waals surface area contributed by atoms with Gasteiger partial charge >= 0.3 is 0 Å². The van der Waals surface area contributed by atoms with Gasteiger partial charge in [-0.1, -0.05) is 36.0 Å². The zero-order valence-electron chi connectivity index (χ0n) is 14.1. The van der Waals surface area contributed by atoms with Gasteiger partial charge in [-0.05, 0) is 36.8 Å². The average Bonchev–Trinajstić information content (AvgIpc) is 3.08. The summed E-state index contributed by atoms with van der Waals surface area (Å²) in [4.78, 5) is 16.5. The molecule has 5 nitrogen and oxygen atoms in total. The molecule has 0 atom stereocenters. The number of carbonyl (C=O) groups is 1. The second-order valence-electron chi connectivity index (χ2n) is 5.46. The van der Waals surface area contributed by atoms with Crippen molar-refractivity contribution in [3.8, 4) is 11.4 Å². The van der Waals surface area contributed by atoms with Crippen LogP contribution in [0, 0.1) is 6.92 Å². The smallest absolute Gasteiger partial charge is 0.234 e. The van der Waals surface area contributed by atoms with Gasteiger partial charge in [-0.2, -0.15) is 0 Å². The number of aryl methyl sites for hydroxylation is 1. The number of methoxy groups -OCH3 is 1. The van der Waals surface area contributed by atoms with Crippen LogP contribution in [0.1, 0.15) is 5.56 Å². The molecule has 0 spiro atoms. The monoisotopic (exact) mass is 353 g/mol. The summed E-state index contributed by atoms with van der Waals surface area (Å²) in [5.41, 5.74) is 2.81. The van der Waals surface area contributed by atoms with Crippen LogP contribution in [0.2, 0.25) is 0 Å². The molecular formula is C19H19N3O2S. The van der Waals surface area contributed by atoms with Gasteiger partial charge in [0.15, 0.2) is 5.16 Å². The number of amides is 1. The molecule has 3 aromatic rings. The number of nitrogens with one attached hydrogen (secondary N) is 1. The fourth-order valence-corrected chi connectivity index (χ4v) is 3.22. The van der Waals surface area contributed by atoms with E-state index in [1.807, 2.05) is 66.2 Å². The Morgan fingerprint density at radius 1 is 1.24 bits per heavy atom. The van der Waals surface area contributed by atoms with E-state index in [4.69, 9.17) is 4.74 Å². The normalized spacial score (nSPS) is 10.5. The molecule has 0 aliphatic heterocycles. The molecule has 25 heavy (non-hydrogen) atoms. The van der Waals surface area contributed by atoms with E-state index in [-0.39, 0.29) is 11.7 Å². The first-order valence-corrected chi connectivity index (χ1v) is 8.82. The Labute approximate surface area is 151 Å². The van der Waals surface area contributed by atoms with E-state index in [0.717, 1.165) is 27.8 Å². The van der Waals surface area contributed by atoms with Crippen molar-refractivity contribution in [3.05, 3.63) is 66.5 Å². The van der Waals surface area contributed by atoms with Crippen LogP contribution in [0.3, 0.4) is 0 Å². The molecule has 6 heteroatoms. The number of para-hydroxylation sites is 2. The van der Waals surface area contributed by atoms with Crippen LogP contribution in [0.25, 0.3) is 5.69 Å². The third-order valence-corrected chi connectivity index (χ3v) is 4.55. The highest BCUT2D eigenvalue weighted by Crippen LogP contribution is 2.27. The Hall–Kier alpha value is -2.73. The van der Waals surface area contributed by atoms with Crippen LogP contribution >= 0.6 is 11.8 Å². The molecule has 1 N–H and O–H groups in total. The van der Waals surface area contributed by atoms with Crippen molar-refractivity contribution < 1.29 is 9.53 Å². The number of hydrogen-bond donors (Lipinski definition) is 1. The third-order valence-electron chi connectivity index (χ3n) is 3.59. The first-order valence-electron chi connectivity index (χ1n) is 7.83. The maximum atomic E-state index is 12.2. The Kier molecular flexibility index (Phi) is 5.40. The predicted molar refractivity (Wildman–Crippen MR) is 101 cm³/mol. The molecule has 1 amide bonds. The largest absolute Gasteiger partial charge is 0.495 e. The highest BCUT2D eigenvalue weighted by atomic mass is 32.2.